The maximum absolute atomic E-state index is 13.0. The molecule has 3 atom stereocenters. The molecule has 0 aliphatic rings. The van der Waals surface area contributed by atoms with Gasteiger partial charge in [0.25, 0.3) is 0 Å². The Kier molecular flexibility index (Phi) is 12.4. The molecule has 0 radical (unpaired) electrons. The average molecular weight is 500 g/mol. The summed E-state index contributed by atoms with van der Waals surface area (Å²) in [6.45, 7) is 22.3. The van der Waals surface area contributed by atoms with Crippen molar-refractivity contribution in [1.82, 2.24) is 5.32 Å². The van der Waals surface area contributed by atoms with Gasteiger partial charge in [0.05, 0.1) is 18.4 Å². The monoisotopic (exact) mass is 499 g/mol. The van der Waals surface area contributed by atoms with Crippen molar-refractivity contribution in [3.63, 3.8) is 0 Å². The number of amides is 1. The minimum Gasteiger partial charge on any atom is -0.460 e. The molecule has 8 nitrogen and oxygen atoms in total. The van der Waals surface area contributed by atoms with Crippen LogP contribution in [0.2, 0.25) is 18.1 Å². The van der Waals surface area contributed by atoms with Crippen LogP contribution >= 0.6 is 0 Å². The smallest absolute Gasteiger partial charge is 0.325 e. The van der Waals surface area contributed by atoms with Crippen LogP contribution in [0.25, 0.3) is 0 Å². The summed E-state index contributed by atoms with van der Waals surface area (Å²) < 4.78 is 16.6. The van der Waals surface area contributed by atoms with Gasteiger partial charge in [-0.2, -0.15) is 0 Å². The van der Waals surface area contributed by atoms with Crippen molar-refractivity contribution in [2.75, 3.05) is 13.2 Å². The topological polar surface area (TPSA) is 108 Å². The van der Waals surface area contributed by atoms with Gasteiger partial charge in [0.1, 0.15) is 24.5 Å². The number of Topliss-reactive ketones (excluding diaryl/α,β-unsaturated/α-hetero) is 1. The molecule has 34 heavy (non-hydrogen) atoms. The van der Waals surface area contributed by atoms with Crippen molar-refractivity contribution in [2.24, 2.45) is 11.8 Å². The van der Waals surface area contributed by atoms with Gasteiger partial charge in [-0.1, -0.05) is 40.3 Å². The van der Waals surface area contributed by atoms with E-state index in [1.165, 1.54) is 6.08 Å². The molecule has 9 heteroatoms. The molecule has 0 unspecified atom stereocenters. The summed E-state index contributed by atoms with van der Waals surface area (Å²) in [5.41, 5.74) is -0.645. The quantitative estimate of drug-likeness (QED) is 0.230. The lowest BCUT2D eigenvalue weighted by Gasteiger charge is -2.40. The molecule has 0 fully saturated rings. The van der Waals surface area contributed by atoms with Gasteiger partial charge in [-0.3, -0.25) is 19.2 Å². The van der Waals surface area contributed by atoms with E-state index in [1.54, 1.807) is 34.6 Å². The Labute approximate surface area is 206 Å². The standard InChI is InChI=1S/C25H45NO7Si/c1-12-13-31-22(29)16-26-23(30)19(18(3)33-34(10,11)25(7,8)9)15-20(27)17(2)14-21(28)32-24(4,5)6/h12,17-19H,1,13-16H2,2-11H3,(H,26,30)/t17-,18+,19-/m0/s1. The Balaban J connectivity index is 5.48. The number of esters is 2. The first-order chi connectivity index (χ1) is 15.3. The van der Waals surface area contributed by atoms with Gasteiger partial charge in [-0.25, -0.2) is 0 Å². The maximum atomic E-state index is 13.0. The Morgan fingerprint density at radius 2 is 1.53 bits per heavy atom. The van der Waals surface area contributed by atoms with E-state index >= 15 is 0 Å². The number of hydrogen-bond donors (Lipinski definition) is 1. The number of rotatable bonds is 13. The van der Waals surface area contributed by atoms with Crippen LogP contribution in [0.3, 0.4) is 0 Å². The fraction of sp³-hybridized carbons (Fsp3) is 0.760. The fourth-order valence-corrected chi connectivity index (χ4v) is 4.30. The lowest BCUT2D eigenvalue weighted by Crippen LogP contribution is -2.48. The summed E-state index contributed by atoms with van der Waals surface area (Å²) in [4.78, 5) is 49.9. The molecular weight excluding hydrogens is 454 g/mol. The predicted octanol–water partition coefficient (Wildman–Crippen LogP) is 4.19. The first-order valence-electron chi connectivity index (χ1n) is 11.8. The average Bonchev–Trinajstić information content (AvgIpc) is 2.65. The van der Waals surface area contributed by atoms with E-state index in [-0.39, 0.29) is 36.8 Å². The van der Waals surface area contributed by atoms with Crippen LogP contribution in [0.1, 0.15) is 68.2 Å². The van der Waals surface area contributed by atoms with Crippen LogP contribution in [-0.2, 0) is 33.1 Å². The predicted molar refractivity (Wildman–Crippen MR) is 135 cm³/mol. The summed E-state index contributed by atoms with van der Waals surface area (Å²) in [6.07, 6.45) is 0.675. The van der Waals surface area contributed by atoms with E-state index in [4.69, 9.17) is 13.9 Å². The largest absolute Gasteiger partial charge is 0.460 e. The lowest BCUT2D eigenvalue weighted by atomic mass is 9.90. The molecule has 0 aromatic carbocycles. The highest BCUT2D eigenvalue weighted by atomic mass is 28.4. The normalized spacial score (nSPS) is 15.0. The molecule has 0 aromatic heterocycles. The number of hydrogen-bond acceptors (Lipinski definition) is 7. The van der Waals surface area contributed by atoms with Gasteiger partial charge in [0.15, 0.2) is 8.32 Å². The van der Waals surface area contributed by atoms with Crippen molar-refractivity contribution >= 4 is 31.9 Å². The van der Waals surface area contributed by atoms with Crippen LogP contribution in [-0.4, -0.2) is 56.8 Å². The Morgan fingerprint density at radius 1 is 0.971 bits per heavy atom. The molecule has 0 aliphatic heterocycles. The minimum atomic E-state index is -2.24. The summed E-state index contributed by atoms with van der Waals surface area (Å²) in [5, 5.41) is 2.46. The molecule has 0 saturated carbocycles. The molecule has 1 N–H and O–H groups in total. The molecule has 0 bridgehead atoms. The van der Waals surface area contributed by atoms with Crippen molar-refractivity contribution in [1.29, 1.82) is 0 Å². The highest BCUT2D eigenvalue weighted by Gasteiger charge is 2.41. The number of ether oxygens (including phenoxy) is 2. The number of nitrogens with one attached hydrogen (secondary N) is 1. The van der Waals surface area contributed by atoms with Crippen molar-refractivity contribution in [2.45, 2.75) is 98.1 Å². The third-order valence-corrected chi connectivity index (χ3v) is 10.4. The third kappa shape index (κ3) is 11.9. The highest BCUT2D eigenvalue weighted by molar-refractivity contribution is 6.74. The van der Waals surface area contributed by atoms with Crippen molar-refractivity contribution in [3.8, 4) is 0 Å². The second-order valence-electron chi connectivity index (χ2n) is 11.2. The van der Waals surface area contributed by atoms with E-state index in [0.717, 1.165) is 0 Å². The zero-order chi connectivity index (χ0) is 26.9. The fourth-order valence-electron chi connectivity index (χ4n) is 2.85. The summed E-state index contributed by atoms with van der Waals surface area (Å²) >= 11 is 0. The van der Waals surface area contributed by atoms with Crippen LogP contribution in [0.15, 0.2) is 12.7 Å². The molecule has 0 rings (SSSR count). The maximum Gasteiger partial charge on any atom is 0.325 e. The Morgan fingerprint density at radius 3 is 2.00 bits per heavy atom. The molecule has 0 saturated heterocycles. The third-order valence-electron chi connectivity index (χ3n) is 5.82. The van der Waals surface area contributed by atoms with Gasteiger partial charge in [-0.15, -0.1) is 0 Å². The van der Waals surface area contributed by atoms with Crippen molar-refractivity contribution < 1.29 is 33.1 Å². The number of carbonyl (C=O) groups excluding carboxylic acids is 4. The van der Waals surface area contributed by atoms with Crippen LogP contribution < -0.4 is 5.32 Å². The van der Waals surface area contributed by atoms with E-state index in [0.29, 0.717) is 0 Å². The summed E-state index contributed by atoms with van der Waals surface area (Å²) in [6, 6.07) is 0. The van der Waals surface area contributed by atoms with E-state index in [2.05, 4.69) is 45.8 Å². The Hall–Kier alpha value is -2.00. The second kappa shape index (κ2) is 13.2. The van der Waals surface area contributed by atoms with Gasteiger partial charge >= 0.3 is 11.9 Å². The number of ketones is 1. The van der Waals surface area contributed by atoms with E-state index in [9.17, 15) is 19.2 Å². The Bertz CT molecular complexity index is 735. The van der Waals surface area contributed by atoms with Crippen LogP contribution in [0.5, 0.6) is 0 Å². The second-order valence-corrected chi connectivity index (χ2v) is 16.0. The van der Waals surface area contributed by atoms with E-state index in [1.807, 2.05) is 0 Å². The van der Waals surface area contributed by atoms with Crippen LogP contribution in [0, 0.1) is 11.8 Å². The summed E-state index contributed by atoms with van der Waals surface area (Å²) in [7, 11) is -2.24. The SMILES string of the molecule is C=CCOC(=O)CNC(=O)[C@@H](CC(=O)[C@@H](C)CC(=O)OC(C)(C)C)[C@@H](C)O[Si](C)(C)C(C)(C)C. The van der Waals surface area contributed by atoms with E-state index < -0.39 is 49.7 Å². The molecule has 0 heterocycles. The van der Waals surface area contributed by atoms with Gasteiger partial charge < -0.3 is 19.2 Å². The summed E-state index contributed by atoms with van der Waals surface area (Å²) in [5.74, 6) is -3.23. The number of carbonyl (C=O) groups is 4. The zero-order valence-electron chi connectivity index (χ0n) is 22.7. The first kappa shape index (κ1) is 32.0. The van der Waals surface area contributed by atoms with Gasteiger partial charge in [-0.05, 0) is 45.8 Å². The van der Waals surface area contributed by atoms with Gasteiger partial charge in [0, 0.05) is 12.3 Å². The van der Waals surface area contributed by atoms with Crippen LogP contribution in [0.4, 0.5) is 0 Å². The molecule has 196 valence electrons. The first-order valence-corrected chi connectivity index (χ1v) is 14.7. The van der Waals surface area contributed by atoms with Crippen molar-refractivity contribution in [3.05, 3.63) is 12.7 Å². The van der Waals surface area contributed by atoms with Gasteiger partial charge in [0.2, 0.25) is 5.91 Å². The highest BCUT2D eigenvalue weighted by Crippen LogP contribution is 2.38. The molecule has 0 aromatic rings. The minimum absolute atomic E-state index is 0.0453. The molecule has 1 amide bonds. The molecule has 0 aliphatic carbocycles. The zero-order valence-corrected chi connectivity index (χ0v) is 23.7. The molecular formula is C25H45NO7Si. The molecule has 0 spiro atoms. The lowest BCUT2D eigenvalue weighted by molar-refractivity contribution is -0.157.